The minimum Gasteiger partial charge on any atom is -0.315 e. The highest BCUT2D eigenvalue weighted by Gasteiger charge is 2.27. The normalized spacial score (nSPS) is 26.0. The second kappa shape index (κ2) is 3.77. The van der Waals surface area contributed by atoms with Gasteiger partial charge in [0, 0.05) is 19.0 Å². The summed E-state index contributed by atoms with van der Waals surface area (Å²) in [5.41, 5.74) is 1.04. The van der Waals surface area contributed by atoms with Crippen LogP contribution in [-0.2, 0) is 0 Å². The van der Waals surface area contributed by atoms with Gasteiger partial charge in [0.15, 0.2) is 0 Å². The van der Waals surface area contributed by atoms with Crippen LogP contribution in [0, 0.1) is 23.1 Å². The third-order valence-electron chi connectivity index (χ3n) is 2.68. The van der Waals surface area contributed by atoms with E-state index in [4.69, 9.17) is 5.26 Å². The van der Waals surface area contributed by atoms with Crippen LogP contribution >= 0.6 is 0 Å². The number of nitriles is 1. The smallest absolute Gasteiger partial charge is 0.123 e. The molecule has 1 aliphatic rings. The Morgan fingerprint density at radius 3 is 2.64 bits per heavy atom. The molecule has 1 saturated heterocycles. The SMILES string of the molecule is N#CC1CNCC1c1ccc(F)cc1. The molecule has 2 nitrogen and oxygen atoms in total. The summed E-state index contributed by atoms with van der Waals surface area (Å²) in [4.78, 5) is 0. The van der Waals surface area contributed by atoms with Crippen molar-refractivity contribution in [1.29, 1.82) is 5.26 Å². The van der Waals surface area contributed by atoms with Gasteiger partial charge < -0.3 is 5.32 Å². The highest BCUT2D eigenvalue weighted by molar-refractivity contribution is 5.25. The summed E-state index contributed by atoms with van der Waals surface area (Å²) in [6.45, 7) is 1.54. The van der Waals surface area contributed by atoms with Crippen molar-refractivity contribution >= 4 is 0 Å². The standard InChI is InChI=1S/C11H11FN2/c12-10-3-1-8(2-4-10)11-7-14-6-9(11)5-13/h1-4,9,11,14H,6-7H2. The molecular formula is C11H11FN2. The average molecular weight is 190 g/mol. The van der Waals surface area contributed by atoms with Crippen molar-refractivity contribution < 1.29 is 4.39 Å². The summed E-state index contributed by atoms with van der Waals surface area (Å²) in [6, 6.07) is 8.69. The quantitative estimate of drug-likeness (QED) is 0.731. The highest BCUT2D eigenvalue weighted by atomic mass is 19.1. The first-order valence-corrected chi connectivity index (χ1v) is 4.67. The number of halogens is 1. The Balaban J connectivity index is 2.23. The van der Waals surface area contributed by atoms with Crippen molar-refractivity contribution in [3.8, 4) is 6.07 Å². The first kappa shape index (κ1) is 9.17. The largest absolute Gasteiger partial charge is 0.315 e. The molecule has 2 unspecified atom stereocenters. The van der Waals surface area contributed by atoms with Crippen LogP contribution in [0.15, 0.2) is 24.3 Å². The maximum absolute atomic E-state index is 12.7. The molecule has 0 spiro atoms. The minimum atomic E-state index is -0.229. The molecule has 2 atom stereocenters. The Hall–Kier alpha value is -1.40. The van der Waals surface area contributed by atoms with E-state index >= 15 is 0 Å². The maximum Gasteiger partial charge on any atom is 0.123 e. The molecule has 3 heteroatoms. The van der Waals surface area contributed by atoms with E-state index in [1.165, 1.54) is 12.1 Å². The van der Waals surface area contributed by atoms with Gasteiger partial charge in [-0.2, -0.15) is 5.26 Å². The summed E-state index contributed by atoms with van der Waals surface area (Å²) >= 11 is 0. The van der Waals surface area contributed by atoms with Crippen LogP contribution in [0.4, 0.5) is 4.39 Å². The fourth-order valence-corrected chi connectivity index (χ4v) is 1.87. The van der Waals surface area contributed by atoms with Gasteiger partial charge in [0.2, 0.25) is 0 Å². The average Bonchev–Trinajstić information content (AvgIpc) is 2.67. The predicted molar refractivity (Wildman–Crippen MR) is 51.1 cm³/mol. The first-order chi connectivity index (χ1) is 6.81. The Morgan fingerprint density at radius 1 is 1.29 bits per heavy atom. The van der Waals surface area contributed by atoms with Crippen molar-refractivity contribution in [3.05, 3.63) is 35.6 Å². The fraction of sp³-hybridized carbons (Fsp3) is 0.364. The third kappa shape index (κ3) is 1.61. The second-order valence-corrected chi connectivity index (χ2v) is 3.55. The van der Waals surface area contributed by atoms with Gasteiger partial charge in [-0.05, 0) is 17.7 Å². The van der Waals surface area contributed by atoms with Crippen LogP contribution in [0.2, 0.25) is 0 Å². The van der Waals surface area contributed by atoms with Gasteiger partial charge >= 0.3 is 0 Å². The summed E-state index contributed by atoms with van der Waals surface area (Å²) in [7, 11) is 0. The monoisotopic (exact) mass is 190 g/mol. The van der Waals surface area contributed by atoms with Crippen molar-refractivity contribution in [2.75, 3.05) is 13.1 Å². The molecule has 0 saturated carbocycles. The molecule has 0 aliphatic carbocycles. The zero-order valence-electron chi connectivity index (χ0n) is 7.70. The van der Waals surface area contributed by atoms with Gasteiger partial charge in [-0.25, -0.2) is 4.39 Å². The molecule has 1 aliphatic heterocycles. The molecule has 1 aromatic carbocycles. The molecule has 0 bridgehead atoms. The number of rotatable bonds is 1. The van der Waals surface area contributed by atoms with Crippen molar-refractivity contribution in [2.24, 2.45) is 5.92 Å². The van der Waals surface area contributed by atoms with Gasteiger partial charge in [-0.3, -0.25) is 0 Å². The molecule has 0 radical (unpaired) electrons. The molecule has 72 valence electrons. The predicted octanol–water partition coefficient (Wildman–Crippen LogP) is 1.65. The van der Waals surface area contributed by atoms with E-state index in [2.05, 4.69) is 11.4 Å². The molecule has 14 heavy (non-hydrogen) atoms. The Labute approximate surface area is 82.4 Å². The van der Waals surface area contributed by atoms with E-state index in [1.54, 1.807) is 12.1 Å². The van der Waals surface area contributed by atoms with Gasteiger partial charge in [0.25, 0.3) is 0 Å². The first-order valence-electron chi connectivity index (χ1n) is 4.67. The zero-order chi connectivity index (χ0) is 9.97. The van der Waals surface area contributed by atoms with Crippen LogP contribution in [0.25, 0.3) is 0 Å². The van der Waals surface area contributed by atoms with Crippen LogP contribution < -0.4 is 5.32 Å². The number of benzene rings is 1. The molecule has 1 fully saturated rings. The molecule has 0 amide bonds. The van der Waals surface area contributed by atoms with Gasteiger partial charge in [0.1, 0.15) is 5.82 Å². The molecule has 1 aromatic rings. The molecular weight excluding hydrogens is 179 g/mol. The van der Waals surface area contributed by atoms with E-state index in [-0.39, 0.29) is 17.7 Å². The molecule has 1 N–H and O–H groups in total. The minimum absolute atomic E-state index is 0.0143. The summed E-state index contributed by atoms with van der Waals surface area (Å²) < 4.78 is 12.7. The van der Waals surface area contributed by atoms with E-state index in [0.717, 1.165) is 18.7 Å². The van der Waals surface area contributed by atoms with E-state index in [1.807, 2.05) is 0 Å². The molecule has 1 heterocycles. The van der Waals surface area contributed by atoms with E-state index in [0.29, 0.717) is 0 Å². The lowest BCUT2D eigenvalue weighted by Crippen LogP contribution is -2.08. The van der Waals surface area contributed by atoms with Crippen molar-refractivity contribution in [1.82, 2.24) is 5.32 Å². The van der Waals surface area contributed by atoms with Crippen LogP contribution in [0.1, 0.15) is 11.5 Å². The van der Waals surface area contributed by atoms with Crippen LogP contribution in [0.3, 0.4) is 0 Å². The number of hydrogen-bond donors (Lipinski definition) is 1. The molecule has 0 aromatic heterocycles. The molecule has 2 rings (SSSR count). The van der Waals surface area contributed by atoms with E-state index < -0.39 is 0 Å². The second-order valence-electron chi connectivity index (χ2n) is 3.55. The maximum atomic E-state index is 12.7. The lowest BCUT2D eigenvalue weighted by Gasteiger charge is -2.11. The van der Waals surface area contributed by atoms with Gasteiger partial charge in [0.05, 0.1) is 12.0 Å². The lowest BCUT2D eigenvalue weighted by atomic mass is 9.90. The van der Waals surface area contributed by atoms with Crippen molar-refractivity contribution in [3.63, 3.8) is 0 Å². The van der Waals surface area contributed by atoms with E-state index in [9.17, 15) is 4.39 Å². The Kier molecular flexibility index (Phi) is 2.47. The summed E-state index contributed by atoms with van der Waals surface area (Å²) in [5, 5.41) is 12.1. The van der Waals surface area contributed by atoms with Crippen molar-refractivity contribution in [2.45, 2.75) is 5.92 Å². The van der Waals surface area contributed by atoms with Crippen LogP contribution in [-0.4, -0.2) is 13.1 Å². The summed E-state index contributed by atoms with van der Waals surface area (Å²) in [5.74, 6) is -0.00530. The Bertz CT molecular complexity index is 353. The third-order valence-corrected chi connectivity index (χ3v) is 2.68. The van der Waals surface area contributed by atoms with Crippen LogP contribution in [0.5, 0.6) is 0 Å². The lowest BCUT2D eigenvalue weighted by molar-refractivity contribution is 0.618. The number of nitrogens with one attached hydrogen (secondary N) is 1. The van der Waals surface area contributed by atoms with Gasteiger partial charge in [-0.15, -0.1) is 0 Å². The Morgan fingerprint density at radius 2 is 2.00 bits per heavy atom. The number of nitrogens with zero attached hydrogens (tertiary/aromatic N) is 1. The summed E-state index contributed by atoms with van der Waals surface area (Å²) in [6.07, 6.45) is 0. The fourth-order valence-electron chi connectivity index (χ4n) is 1.87. The topological polar surface area (TPSA) is 35.8 Å². The number of hydrogen-bond acceptors (Lipinski definition) is 2. The zero-order valence-corrected chi connectivity index (χ0v) is 7.70. The highest BCUT2D eigenvalue weighted by Crippen LogP contribution is 2.27. The van der Waals surface area contributed by atoms with Gasteiger partial charge in [-0.1, -0.05) is 12.1 Å².